The molecule has 138 valence electrons. The number of urea groups is 1. The standard InChI is InChI=1S/C19H30N4O2/c1-15-7-5-6-8-16(15)13-22-9-11-23(12-10-22)14-17(24)20-18(25)21-19(2,3)4/h5-8H,9-14H2,1-4H3,(H2,20,21,24,25)/p+2. The molecule has 0 aliphatic carbocycles. The van der Waals surface area contributed by atoms with Crippen molar-refractivity contribution in [3.63, 3.8) is 0 Å². The molecule has 0 bridgehead atoms. The highest BCUT2D eigenvalue weighted by molar-refractivity contribution is 5.94. The van der Waals surface area contributed by atoms with E-state index in [0.717, 1.165) is 32.7 Å². The van der Waals surface area contributed by atoms with Crippen molar-refractivity contribution in [2.45, 2.75) is 39.8 Å². The van der Waals surface area contributed by atoms with Gasteiger partial charge in [0.1, 0.15) is 32.7 Å². The molecule has 1 aromatic carbocycles. The minimum Gasteiger partial charge on any atom is -0.333 e. The fraction of sp³-hybridized carbons (Fsp3) is 0.579. The third-order valence-corrected chi connectivity index (χ3v) is 4.52. The zero-order chi connectivity index (χ0) is 18.4. The summed E-state index contributed by atoms with van der Waals surface area (Å²) in [7, 11) is 0. The van der Waals surface area contributed by atoms with E-state index < -0.39 is 6.03 Å². The maximum atomic E-state index is 12.0. The number of carbonyl (C=O) groups is 2. The molecular formula is C19H32N4O2+2. The van der Waals surface area contributed by atoms with Crippen molar-refractivity contribution >= 4 is 11.9 Å². The third kappa shape index (κ3) is 6.84. The van der Waals surface area contributed by atoms with E-state index >= 15 is 0 Å². The van der Waals surface area contributed by atoms with E-state index in [9.17, 15) is 9.59 Å². The number of piperazine rings is 1. The number of aryl methyl sites for hydroxylation is 1. The average molecular weight is 348 g/mol. The molecule has 1 aromatic rings. The van der Waals surface area contributed by atoms with Crippen LogP contribution in [0.25, 0.3) is 0 Å². The number of imide groups is 1. The Kier molecular flexibility index (Phi) is 6.56. The zero-order valence-electron chi connectivity index (χ0n) is 15.9. The van der Waals surface area contributed by atoms with Gasteiger partial charge in [-0.1, -0.05) is 24.3 Å². The molecule has 25 heavy (non-hydrogen) atoms. The molecule has 0 unspecified atom stereocenters. The van der Waals surface area contributed by atoms with Gasteiger partial charge >= 0.3 is 6.03 Å². The van der Waals surface area contributed by atoms with Gasteiger partial charge in [-0.15, -0.1) is 0 Å². The topological polar surface area (TPSA) is 67.1 Å². The lowest BCUT2D eigenvalue weighted by molar-refractivity contribution is -1.02. The second-order valence-corrected chi connectivity index (χ2v) is 8.03. The molecule has 4 N–H and O–H groups in total. The van der Waals surface area contributed by atoms with Crippen molar-refractivity contribution in [1.29, 1.82) is 0 Å². The van der Waals surface area contributed by atoms with Gasteiger partial charge in [-0.3, -0.25) is 10.1 Å². The molecule has 0 spiro atoms. The van der Waals surface area contributed by atoms with Crippen LogP contribution in [0.5, 0.6) is 0 Å². The van der Waals surface area contributed by atoms with Gasteiger partial charge in [0.15, 0.2) is 6.54 Å². The Balaban J connectivity index is 1.72. The lowest BCUT2D eigenvalue weighted by Crippen LogP contribution is -3.28. The van der Waals surface area contributed by atoms with Crippen LogP contribution in [-0.2, 0) is 11.3 Å². The summed E-state index contributed by atoms with van der Waals surface area (Å²) in [5.74, 6) is -0.209. The van der Waals surface area contributed by atoms with Crippen molar-refractivity contribution in [3.05, 3.63) is 35.4 Å². The SMILES string of the molecule is Cc1ccccc1C[NH+]1CC[NH+](CC(=O)NC(=O)NC(C)(C)C)CC1. The summed E-state index contributed by atoms with van der Waals surface area (Å²) in [5.41, 5.74) is 2.40. The van der Waals surface area contributed by atoms with Crippen LogP contribution < -0.4 is 20.4 Å². The Hall–Kier alpha value is -1.92. The van der Waals surface area contributed by atoms with Gasteiger partial charge < -0.3 is 15.1 Å². The largest absolute Gasteiger partial charge is 0.333 e. The molecule has 6 heteroatoms. The molecule has 0 atom stereocenters. The third-order valence-electron chi connectivity index (χ3n) is 4.52. The van der Waals surface area contributed by atoms with E-state index in [-0.39, 0.29) is 11.4 Å². The number of hydrogen-bond donors (Lipinski definition) is 4. The normalized spacial score (nSPS) is 20.8. The predicted molar refractivity (Wildman–Crippen MR) is 97.6 cm³/mol. The molecule has 0 radical (unpaired) electrons. The van der Waals surface area contributed by atoms with Crippen molar-refractivity contribution in [3.8, 4) is 0 Å². The Labute approximate surface area is 150 Å². The van der Waals surface area contributed by atoms with Crippen LogP contribution in [0.15, 0.2) is 24.3 Å². The maximum absolute atomic E-state index is 12.0. The zero-order valence-corrected chi connectivity index (χ0v) is 15.9. The van der Waals surface area contributed by atoms with E-state index in [0.29, 0.717) is 6.54 Å². The van der Waals surface area contributed by atoms with Gasteiger partial charge in [0.05, 0.1) is 0 Å². The molecule has 1 saturated heterocycles. The predicted octanol–water partition coefficient (Wildman–Crippen LogP) is -1.10. The van der Waals surface area contributed by atoms with Gasteiger partial charge in [0.25, 0.3) is 5.91 Å². The van der Waals surface area contributed by atoms with Crippen LogP contribution in [0.4, 0.5) is 4.79 Å². The first-order chi connectivity index (χ1) is 11.7. The van der Waals surface area contributed by atoms with Gasteiger partial charge in [-0.2, -0.15) is 0 Å². The van der Waals surface area contributed by atoms with Crippen LogP contribution in [-0.4, -0.2) is 50.2 Å². The first-order valence-electron chi connectivity index (χ1n) is 9.06. The van der Waals surface area contributed by atoms with Crippen LogP contribution >= 0.6 is 0 Å². The molecule has 1 aliphatic heterocycles. The van der Waals surface area contributed by atoms with E-state index in [4.69, 9.17) is 0 Å². The van der Waals surface area contributed by atoms with E-state index in [1.54, 1.807) is 4.90 Å². The van der Waals surface area contributed by atoms with Crippen LogP contribution in [0.2, 0.25) is 0 Å². The summed E-state index contributed by atoms with van der Waals surface area (Å²) in [6.45, 7) is 13.2. The van der Waals surface area contributed by atoms with Gasteiger partial charge in [0.2, 0.25) is 0 Å². The molecule has 3 amide bonds. The van der Waals surface area contributed by atoms with Gasteiger partial charge in [-0.25, -0.2) is 4.79 Å². The Bertz CT molecular complexity index is 602. The minimum atomic E-state index is -0.416. The Morgan fingerprint density at radius 3 is 2.24 bits per heavy atom. The molecule has 1 aliphatic rings. The van der Waals surface area contributed by atoms with Gasteiger partial charge in [0, 0.05) is 11.1 Å². The Morgan fingerprint density at radius 2 is 1.64 bits per heavy atom. The van der Waals surface area contributed by atoms with E-state index in [1.807, 2.05) is 20.8 Å². The van der Waals surface area contributed by atoms with Crippen LogP contribution in [0.3, 0.4) is 0 Å². The minimum absolute atomic E-state index is 0.209. The highest BCUT2D eigenvalue weighted by Gasteiger charge is 2.26. The van der Waals surface area contributed by atoms with Crippen molar-refractivity contribution in [2.75, 3.05) is 32.7 Å². The number of nitrogens with one attached hydrogen (secondary N) is 4. The summed E-state index contributed by atoms with van der Waals surface area (Å²) >= 11 is 0. The average Bonchev–Trinajstić information content (AvgIpc) is 2.49. The molecule has 0 saturated carbocycles. The number of rotatable bonds is 4. The summed E-state index contributed by atoms with van der Waals surface area (Å²) in [6, 6.07) is 8.10. The second kappa shape index (κ2) is 8.45. The summed E-state index contributed by atoms with van der Waals surface area (Å²) in [5, 5.41) is 5.17. The number of carbonyl (C=O) groups excluding carboxylic acids is 2. The molecule has 1 fully saturated rings. The molecule has 6 nitrogen and oxygen atoms in total. The number of hydrogen-bond acceptors (Lipinski definition) is 2. The van der Waals surface area contributed by atoms with E-state index in [2.05, 4.69) is 41.8 Å². The number of amides is 3. The van der Waals surface area contributed by atoms with Crippen LogP contribution in [0.1, 0.15) is 31.9 Å². The highest BCUT2D eigenvalue weighted by Crippen LogP contribution is 2.04. The molecule has 0 aromatic heterocycles. The van der Waals surface area contributed by atoms with E-state index in [1.165, 1.54) is 16.0 Å². The fourth-order valence-corrected chi connectivity index (χ4v) is 3.16. The summed E-state index contributed by atoms with van der Waals surface area (Å²) < 4.78 is 0. The molecular weight excluding hydrogens is 316 g/mol. The Morgan fingerprint density at radius 1 is 1.04 bits per heavy atom. The monoisotopic (exact) mass is 348 g/mol. The number of benzene rings is 1. The van der Waals surface area contributed by atoms with Crippen molar-refractivity contribution < 1.29 is 19.4 Å². The quantitative estimate of drug-likeness (QED) is 0.558. The van der Waals surface area contributed by atoms with Gasteiger partial charge in [-0.05, 0) is 33.3 Å². The summed E-state index contributed by atoms with van der Waals surface area (Å²) in [4.78, 5) is 26.6. The maximum Gasteiger partial charge on any atom is 0.322 e. The fourth-order valence-electron chi connectivity index (χ4n) is 3.16. The van der Waals surface area contributed by atoms with Crippen molar-refractivity contribution in [1.82, 2.24) is 10.6 Å². The number of quaternary nitrogens is 2. The first kappa shape index (κ1) is 19.4. The van der Waals surface area contributed by atoms with Crippen molar-refractivity contribution in [2.24, 2.45) is 0 Å². The second-order valence-electron chi connectivity index (χ2n) is 8.03. The summed E-state index contributed by atoms with van der Waals surface area (Å²) in [6.07, 6.45) is 0. The lowest BCUT2D eigenvalue weighted by Gasteiger charge is -2.29. The van der Waals surface area contributed by atoms with Crippen LogP contribution in [0, 0.1) is 6.92 Å². The highest BCUT2D eigenvalue weighted by atomic mass is 16.2. The smallest absolute Gasteiger partial charge is 0.322 e. The molecule has 1 heterocycles. The molecule has 2 rings (SSSR count). The lowest BCUT2D eigenvalue weighted by atomic mass is 10.1. The first-order valence-corrected chi connectivity index (χ1v) is 9.06.